The lowest BCUT2D eigenvalue weighted by Gasteiger charge is -2.04. The van der Waals surface area contributed by atoms with Crippen molar-refractivity contribution in [2.75, 3.05) is 6.61 Å². The predicted octanol–water partition coefficient (Wildman–Crippen LogP) is 3.18. The van der Waals surface area contributed by atoms with Crippen LogP contribution in [-0.4, -0.2) is 27.7 Å². The molecule has 19 heavy (non-hydrogen) atoms. The highest BCUT2D eigenvalue weighted by atomic mass is 35.5. The van der Waals surface area contributed by atoms with E-state index in [0.29, 0.717) is 28.9 Å². The molecule has 1 heterocycles. The molecule has 104 valence electrons. The number of carbonyl (C=O) groups is 2. The highest BCUT2D eigenvalue weighted by molar-refractivity contribution is 6.50. The second-order valence-electron chi connectivity index (χ2n) is 4.94. The first-order valence-electron chi connectivity index (χ1n) is 5.99. The van der Waals surface area contributed by atoms with Gasteiger partial charge in [0.1, 0.15) is 10.0 Å². The van der Waals surface area contributed by atoms with E-state index < -0.39 is 10.3 Å². The number of ketones is 1. The van der Waals surface area contributed by atoms with Gasteiger partial charge in [-0.05, 0) is 32.8 Å². The molecule has 0 bridgehead atoms. The van der Waals surface area contributed by atoms with Gasteiger partial charge in [-0.3, -0.25) is 4.79 Å². The van der Waals surface area contributed by atoms with Gasteiger partial charge in [0.2, 0.25) is 0 Å². The molecule has 1 aromatic heterocycles. The first kappa shape index (κ1) is 14.4. The van der Waals surface area contributed by atoms with Crippen molar-refractivity contribution in [3.8, 4) is 0 Å². The Labute approximate surface area is 121 Å². The van der Waals surface area contributed by atoms with Gasteiger partial charge >= 0.3 is 5.97 Å². The van der Waals surface area contributed by atoms with Gasteiger partial charge in [0.25, 0.3) is 0 Å². The summed E-state index contributed by atoms with van der Waals surface area (Å²) in [4.78, 5) is 26.3. The number of ether oxygens (including phenoxy) is 1. The molecule has 1 saturated carbocycles. The minimum Gasteiger partial charge on any atom is -0.461 e. The van der Waals surface area contributed by atoms with Gasteiger partial charge in [-0.25, -0.2) is 4.79 Å². The van der Waals surface area contributed by atoms with Gasteiger partial charge in [0.15, 0.2) is 5.78 Å². The van der Waals surface area contributed by atoms with Gasteiger partial charge in [-0.2, -0.15) is 0 Å². The first-order chi connectivity index (χ1) is 8.74. The maximum atomic E-state index is 11.9. The summed E-state index contributed by atoms with van der Waals surface area (Å²) in [5.41, 5.74) is 2.15. The lowest BCUT2D eigenvalue weighted by molar-refractivity contribution is 0.0478. The van der Waals surface area contributed by atoms with Crippen LogP contribution in [0.25, 0.3) is 0 Å². The van der Waals surface area contributed by atoms with E-state index in [9.17, 15) is 9.59 Å². The number of hydrogen-bond donors (Lipinski definition) is 1. The van der Waals surface area contributed by atoms with E-state index in [1.54, 1.807) is 13.8 Å². The molecule has 0 amide bonds. The molecule has 0 radical (unpaired) electrons. The minimum atomic E-state index is -0.758. The van der Waals surface area contributed by atoms with Gasteiger partial charge in [-0.15, -0.1) is 23.2 Å². The Balaban J connectivity index is 2.08. The molecule has 2 rings (SSSR count). The molecular formula is C13H15Cl2NO3. The van der Waals surface area contributed by atoms with Crippen LogP contribution in [0.4, 0.5) is 0 Å². The Morgan fingerprint density at radius 1 is 1.42 bits per heavy atom. The monoisotopic (exact) mass is 303 g/mol. The first-order valence-corrected chi connectivity index (χ1v) is 6.74. The second kappa shape index (κ2) is 4.84. The van der Waals surface area contributed by atoms with Crippen molar-refractivity contribution >= 4 is 35.0 Å². The summed E-state index contributed by atoms with van der Waals surface area (Å²) in [5.74, 6) is -0.569. The molecule has 1 N–H and O–H groups in total. The van der Waals surface area contributed by atoms with Crippen LogP contribution in [0.1, 0.15) is 45.4 Å². The number of Topliss-reactive ketones (excluding diaryl/α,β-unsaturated/α-hetero) is 1. The number of aromatic amines is 1. The number of hydrogen-bond acceptors (Lipinski definition) is 3. The van der Waals surface area contributed by atoms with Crippen molar-refractivity contribution in [1.29, 1.82) is 0 Å². The van der Waals surface area contributed by atoms with Crippen LogP contribution in [-0.2, 0) is 4.74 Å². The third kappa shape index (κ3) is 2.79. The number of aryl methyl sites for hydroxylation is 1. The molecule has 0 spiro atoms. The molecule has 6 heteroatoms. The van der Waals surface area contributed by atoms with E-state index in [1.807, 2.05) is 0 Å². The molecule has 0 aliphatic heterocycles. The highest BCUT2D eigenvalue weighted by Gasteiger charge is 2.52. The molecule has 1 fully saturated rings. The maximum absolute atomic E-state index is 11.9. The van der Waals surface area contributed by atoms with Crippen LogP contribution >= 0.6 is 23.2 Å². The normalized spacial score (nSPS) is 20.2. The van der Waals surface area contributed by atoms with E-state index in [0.717, 1.165) is 0 Å². The topological polar surface area (TPSA) is 59.2 Å². The van der Waals surface area contributed by atoms with Crippen molar-refractivity contribution in [1.82, 2.24) is 4.98 Å². The van der Waals surface area contributed by atoms with Gasteiger partial charge in [0.05, 0.1) is 6.61 Å². The highest BCUT2D eigenvalue weighted by Crippen LogP contribution is 2.53. The molecule has 4 nitrogen and oxygen atoms in total. The molecule has 0 aromatic carbocycles. The Bertz CT molecular complexity index is 548. The van der Waals surface area contributed by atoms with Crippen LogP contribution in [0.3, 0.4) is 0 Å². The minimum absolute atomic E-state index is 0.0107. The average Bonchev–Trinajstić information content (AvgIpc) is 2.77. The number of aromatic nitrogens is 1. The van der Waals surface area contributed by atoms with Gasteiger partial charge < -0.3 is 9.72 Å². The van der Waals surface area contributed by atoms with Crippen molar-refractivity contribution in [3.63, 3.8) is 0 Å². The summed E-state index contributed by atoms with van der Waals surface area (Å²) >= 11 is 11.7. The number of H-pyrrole nitrogens is 1. The van der Waals surface area contributed by atoms with Crippen molar-refractivity contribution in [3.05, 3.63) is 22.5 Å². The van der Waals surface area contributed by atoms with Crippen LogP contribution in [0.2, 0.25) is 0 Å². The fraction of sp³-hybridized carbons (Fsp3) is 0.538. The Morgan fingerprint density at radius 2 is 2.00 bits per heavy atom. The molecule has 0 unspecified atom stereocenters. The van der Waals surface area contributed by atoms with Crippen LogP contribution in [0.15, 0.2) is 0 Å². The number of rotatable bonds is 4. The number of esters is 1. The SMILES string of the molecule is CC(=O)c1c(C)[nH]c(C(=O)OC[C@H]2CC2(Cl)Cl)c1C. The zero-order chi connectivity index (χ0) is 14.4. The van der Waals surface area contributed by atoms with Crippen LogP contribution in [0.5, 0.6) is 0 Å². The van der Waals surface area contributed by atoms with E-state index >= 15 is 0 Å². The molecule has 1 aromatic rings. The summed E-state index contributed by atoms with van der Waals surface area (Å²) in [6.45, 7) is 5.14. The summed E-state index contributed by atoms with van der Waals surface area (Å²) in [6.07, 6.45) is 0.630. The summed E-state index contributed by atoms with van der Waals surface area (Å²) in [5, 5.41) is 0. The molecule has 1 atom stereocenters. The Morgan fingerprint density at radius 3 is 2.42 bits per heavy atom. The van der Waals surface area contributed by atoms with Crippen molar-refractivity contribution in [2.45, 2.75) is 31.5 Å². The number of nitrogens with one attached hydrogen (secondary N) is 1. The fourth-order valence-electron chi connectivity index (χ4n) is 2.18. The number of halogens is 2. The van der Waals surface area contributed by atoms with Gasteiger partial charge in [-0.1, -0.05) is 0 Å². The predicted molar refractivity (Wildman–Crippen MR) is 73.1 cm³/mol. The summed E-state index contributed by atoms with van der Waals surface area (Å²) in [6, 6.07) is 0. The van der Waals surface area contributed by atoms with Crippen LogP contribution < -0.4 is 0 Å². The Hall–Kier alpha value is -1.000. The third-order valence-corrected chi connectivity index (χ3v) is 4.29. The van der Waals surface area contributed by atoms with E-state index in [1.165, 1.54) is 6.92 Å². The average molecular weight is 304 g/mol. The van der Waals surface area contributed by atoms with Crippen LogP contribution in [0, 0.1) is 19.8 Å². The van der Waals surface area contributed by atoms with Gasteiger partial charge in [0, 0.05) is 17.2 Å². The second-order valence-corrected chi connectivity index (χ2v) is 6.48. The standard InChI is InChI=1S/C13H15Cl2NO3/c1-6-10(8(3)17)7(2)16-11(6)12(18)19-5-9-4-13(9,14)15/h9,16H,4-5H2,1-3H3/t9-/m1/s1. The molecule has 1 aliphatic carbocycles. The lowest BCUT2D eigenvalue weighted by Crippen LogP contribution is -2.11. The summed E-state index contributed by atoms with van der Waals surface area (Å²) in [7, 11) is 0. The van der Waals surface area contributed by atoms with Crippen molar-refractivity contribution in [2.24, 2.45) is 5.92 Å². The number of carbonyl (C=O) groups excluding carboxylic acids is 2. The largest absolute Gasteiger partial charge is 0.461 e. The zero-order valence-corrected chi connectivity index (χ0v) is 12.5. The molecule has 1 aliphatic rings. The van der Waals surface area contributed by atoms with E-state index in [-0.39, 0.29) is 18.3 Å². The smallest absolute Gasteiger partial charge is 0.355 e. The Kier molecular flexibility index (Phi) is 3.67. The fourth-order valence-corrected chi connectivity index (χ4v) is 2.68. The summed E-state index contributed by atoms with van der Waals surface area (Å²) < 4.78 is 4.41. The third-order valence-electron chi connectivity index (χ3n) is 3.37. The lowest BCUT2D eigenvalue weighted by atomic mass is 10.1. The molecular weight excluding hydrogens is 289 g/mol. The number of alkyl halides is 2. The molecule has 0 saturated heterocycles. The quantitative estimate of drug-likeness (QED) is 0.528. The van der Waals surface area contributed by atoms with E-state index in [4.69, 9.17) is 27.9 Å². The van der Waals surface area contributed by atoms with E-state index in [2.05, 4.69) is 4.98 Å². The van der Waals surface area contributed by atoms with Crippen molar-refractivity contribution < 1.29 is 14.3 Å². The maximum Gasteiger partial charge on any atom is 0.355 e. The zero-order valence-electron chi connectivity index (χ0n) is 11.0.